The van der Waals surface area contributed by atoms with E-state index in [2.05, 4.69) is 22.5 Å². The summed E-state index contributed by atoms with van der Waals surface area (Å²) in [6.45, 7) is 3.56. The fourth-order valence-corrected chi connectivity index (χ4v) is 1.48. The van der Waals surface area contributed by atoms with E-state index in [0.717, 1.165) is 4.47 Å². The van der Waals surface area contributed by atoms with Gasteiger partial charge in [-0.2, -0.15) is 0 Å². The van der Waals surface area contributed by atoms with E-state index in [4.69, 9.17) is 5.73 Å². The Morgan fingerprint density at radius 2 is 2.31 bits per heavy atom. The highest BCUT2D eigenvalue weighted by atomic mass is 79.9. The number of nitrogens with two attached hydrogens (primary N) is 1. The molecule has 0 unspecified atom stereocenters. The first-order valence-corrected chi connectivity index (χ1v) is 4.76. The minimum absolute atomic E-state index is 0.266. The number of benzene rings is 1. The second kappa shape index (κ2) is 4.53. The van der Waals surface area contributed by atoms with E-state index >= 15 is 0 Å². The van der Waals surface area contributed by atoms with Crippen LogP contribution in [-0.2, 0) is 0 Å². The maximum atomic E-state index is 13.2. The molecular formula is C10H11BrFN. The zero-order chi connectivity index (χ0) is 9.84. The van der Waals surface area contributed by atoms with Gasteiger partial charge in [0, 0.05) is 16.1 Å². The maximum absolute atomic E-state index is 13.2. The number of rotatable bonds is 3. The fourth-order valence-electron chi connectivity index (χ4n) is 1.11. The Bertz CT molecular complexity index is 312. The summed E-state index contributed by atoms with van der Waals surface area (Å²) in [5, 5.41) is 0. The first-order chi connectivity index (χ1) is 6.15. The molecule has 1 rings (SSSR count). The summed E-state index contributed by atoms with van der Waals surface area (Å²) >= 11 is 3.27. The van der Waals surface area contributed by atoms with Crippen LogP contribution in [0.25, 0.3) is 0 Å². The van der Waals surface area contributed by atoms with Gasteiger partial charge in [0.2, 0.25) is 0 Å². The van der Waals surface area contributed by atoms with Crippen LogP contribution < -0.4 is 5.73 Å². The monoisotopic (exact) mass is 243 g/mol. The van der Waals surface area contributed by atoms with E-state index in [0.29, 0.717) is 12.0 Å². The molecule has 0 saturated carbocycles. The van der Waals surface area contributed by atoms with Crippen molar-refractivity contribution < 1.29 is 4.39 Å². The van der Waals surface area contributed by atoms with Gasteiger partial charge in [0.25, 0.3) is 0 Å². The normalized spacial score (nSPS) is 12.5. The van der Waals surface area contributed by atoms with Gasteiger partial charge in [0.05, 0.1) is 0 Å². The Morgan fingerprint density at radius 3 is 2.92 bits per heavy atom. The summed E-state index contributed by atoms with van der Waals surface area (Å²) < 4.78 is 14.0. The fraction of sp³-hybridized carbons (Fsp3) is 0.200. The lowest BCUT2D eigenvalue weighted by Gasteiger charge is -2.10. The van der Waals surface area contributed by atoms with E-state index < -0.39 is 0 Å². The topological polar surface area (TPSA) is 26.0 Å². The molecule has 70 valence electrons. The van der Waals surface area contributed by atoms with Crippen molar-refractivity contribution in [1.29, 1.82) is 0 Å². The summed E-state index contributed by atoms with van der Waals surface area (Å²) in [5.41, 5.74) is 6.27. The third kappa shape index (κ3) is 2.64. The van der Waals surface area contributed by atoms with Crippen molar-refractivity contribution in [3.8, 4) is 0 Å². The highest BCUT2D eigenvalue weighted by Gasteiger charge is 2.09. The molecule has 0 aliphatic carbocycles. The zero-order valence-corrected chi connectivity index (χ0v) is 8.72. The lowest BCUT2D eigenvalue weighted by molar-refractivity contribution is 0.583. The van der Waals surface area contributed by atoms with Crippen LogP contribution in [0.4, 0.5) is 4.39 Å². The quantitative estimate of drug-likeness (QED) is 0.812. The van der Waals surface area contributed by atoms with Crippen LogP contribution in [0.3, 0.4) is 0 Å². The van der Waals surface area contributed by atoms with Gasteiger partial charge in [-0.15, -0.1) is 6.58 Å². The minimum atomic E-state index is -0.310. The molecule has 0 saturated heterocycles. The van der Waals surface area contributed by atoms with Crippen molar-refractivity contribution in [2.45, 2.75) is 12.5 Å². The third-order valence-corrected chi connectivity index (χ3v) is 2.27. The predicted molar refractivity (Wildman–Crippen MR) is 55.8 cm³/mol. The van der Waals surface area contributed by atoms with Crippen LogP contribution in [0, 0.1) is 5.82 Å². The van der Waals surface area contributed by atoms with Crippen LogP contribution in [0.5, 0.6) is 0 Å². The maximum Gasteiger partial charge on any atom is 0.128 e. The molecule has 0 radical (unpaired) electrons. The molecule has 0 spiro atoms. The van der Waals surface area contributed by atoms with E-state index in [1.165, 1.54) is 6.07 Å². The molecule has 13 heavy (non-hydrogen) atoms. The number of halogens is 2. The predicted octanol–water partition coefficient (Wildman–Crippen LogP) is 3.16. The van der Waals surface area contributed by atoms with Gasteiger partial charge in [0.15, 0.2) is 0 Å². The molecule has 1 aromatic carbocycles. The Balaban J connectivity index is 2.97. The SMILES string of the molecule is C=CC[C@@H](N)c1cc(Br)ccc1F. The van der Waals surface area contributed by atoms with Crippen molar-refractivity contribution in [3.05, 3.63) is 46.7 Å². The standard InChI is InChI=1S/C10H11BrFN/c1-2-3-10(13)8-6-7(11)4-5-9(8)12/h2,4-6,10H,1,3,13H2/t10-/m1/s1. The Hall–Kier alpha value is -0.670. The largest absolute Gasteiger partial charge is 0.324 e. The average molecular weight is 244 g/mol. The molecular weight excluding hydrogens is 233 g/mol. The number of hydrogen-bond donors (Lipinski definition) is 1. The van der Waals surface area contributed by atoms with Gasteiger partial charge >= 0.3 is 0 Å². The number of hydrogen-bond acceptors (Lipinski definition) is 1. The molecule has 0 bridgehead atoms. The summed E-state index contributed by atoms with van der Waals surface area (Å²) in [7, 11) is 0. The third-order valence-electron chi connectivity index (χ3n) is 1.78. The Morgan fingerprint density at radius 1 is 1.62 bits per heavy atom. The van der Waals surface area contributed by atoms with E-state index in [9.17, 15) is 4.39 Å². The first-order valence-electron chi connectivity index (χ1n) is 3.96. The van der Waals surface area contributed by atoms with Crippen LogP contribution in [0.1, 0.15) is 18.0 Å². The van der Waals surface area contributed by atoms with Gasteiger partial charge < -0.3 is 5.73 Å². The van der Waals surface area contributed by atoms with Gasteiger partial charge in [0.1, 0.15) is 5.82 Å². The van der Waals surface area contributed by atoms with Crippen LogP contribution >= 0.6 is 15.9 Å². The highest BCUT2D eigenvalue weighted by molar-refractivity contribution is 9.10. The van der Waals surface area contributed by atoms with Crippen molar-refractivity contribution in [1.82, 2.24) is 0 Å². The second-order valence-electron chi connectivity index (χ2n) is 2.80. The molecule has 0 fully saturated rings. The summed E-state index contributed by atoms with van der Waals surface area (Å²) in [4.78, 5) is 0. The lowest BCUT2D eigenvalue weighted by Crippen LogP contribution is -2.10. The molecule has 3 heteroatoms. The average Bonchev–Trinajstić information content (AvgIpc) is 2.09. The molecule has 1 aromatic rings. The minimum Gasteiger partial charge on any atom is -0.324 e. The molecule has 0 heterocycles. The van der Waals surface area contributed by atoms with Crippen molar-refractivity contribution in [2.24, 2.45) is 5.73 Å². The van der Waals surface area contributed by atoms with Gasteiger partial charge in [-0.25, -0.2) is 4.39 Å². The molecule has 2 N–H and O–H groups in total. The molecule has 0 aromatic heterocycles. The summed E-state index contributed by atoms with van der Waals surface area (Å²) in [5.74, 6) is -0.266. The summed E-state index contributed by atoms with van der Waals surface area (Å²) in [6, 6.07) is 4.45. The Labute approximate surface area is 85.6 Å². The van der Waals surface area contributed by atoms with Gasteiger partial charge in [-0.1, -0.05) is 22.0 Å². The van der Waals surface area contributed by atoms with E-state index in [-0.39, 0.29) is 11.9 Å². The molecule has 0 amide bonds. The van der Waals surface area contributed by atoms with Crippen molar-refractivity contribution >= 4 is 15.9 Å². The van der Waals surface area contributed by atoms with Crippen LogP contribution in [0.2, 0.25) is 0 Å². The molecule has 1 nitrogen and oxygen atoms in total. The highest BCUT2D eigenvalue weighted by Crippen LogP contribution is 2.22. The van der Waals surface area contributed by atoms with E-state index in [1.807, 2.05) is 0 Å². The first kappa shape index (κ1) is 10.4. The Kier molecular flexibility index (Phi) is 3.63. The van der Waals surface area contributed by atoms with E-state index in [1.54, 1.807) is 18.2 Å². The molecule has 0 aliphatic heterocycles. The van der Waals surface area contributed by atoms with Crippen molar-refractivity contribution in [2.75, 3.05) is 0 Å². The van der Waals surface area contributed by atoms with Gasteiger partial charge in [-0.05, 0) is 24.6 Å². The smallest absolute Gasteiger partial charge is 0.128 e. The zero-order valence-electron chi connectivity index (χ0n) is 7.13. The molecule has 1 atom stereocenters. The second-order valence-corrected chi connectivity index (χ2v) is 3.71. The lowest BCUT2D eigenvalue weighted by atomic mass is 10.0. The molecule has 0 aliphatic rings. The van der Waals surface area contributed by atoms with Crippen LogP contribution in [-0.4, -0.2) is 0 Å². The van der Waals surface area contributed by atoms with Crippen LogP contribution in [0.15, 0.2) is 35.3 Å². The van der Waals surface area contributed by atoms with Gasteiger partial charge in [-0.3, -0.25) is 0 Å². The van der Waals surface area contributed by atoms with Crippen molar-refractivity contribution in [3.63, 3.8) is 0 Å². The summed E-state index contributed by atoms with van der Waals surface area (Å²) in [6.07, 6.45) is 2.26.